The summed E-state index contributed by atoms with van der Waals surface area (Å²) in [4.78, 5) is 0. The summed E-state index contributed by atoms with van der Waals surface area (Å²) < 4.78 is 8.17. The van der Waals surface area contributed by atoms with Crippen molar-refractivity contribution in [3.05, 3.63) is 15.9 Å². The predicted molar refractivity (Wildman–Crippen MR) is 56.0 cm³/mol. The lowest BCUT2D eigenvalue weighted by atomic mass is 10.3. The summed E-state index contributed by atoms with van der Waals surface area (Å²) in [7, 11) is 1.71. The quantitative estimate of drug-likeness (QED) is 0.820. The van der Waals surface area contributed by atoms with Gasteiger partial charge in [0.25, 0.3) is 0 Å². The minimum atomic E-state index is 0.287. The zero-order valence-electron chi connectivity index (χ0n) is 8.47. The fourth-order valence-corrected chi connectivity index (χ4v) is 1.64. The van der Waals surface area contributed by atoms with Crippen LogP contribution in [0.25, 0.3) is 0 Å². The van der Waals surface area contributed by atoms with E-state index in [1.807, 2.05) is 11.6 Å². The van der Waals surface area contributed by atoms with Crippen molar-refractivity contribution in [1.82, 2.24) is 9.78 Å². The summed E-state index contributed by atoms with van der Waals surface area (Å²) in [6, 6.07) is 0.287. The molecular weight excluding hydrogens is 232 g/mol. The van der Waals surface area contributed by atoms with E-state index in [1.54, 1.807) is 7.11 Å². The molecule has 0 fully saturated rings. The molecule has 1 aromatic rings. The molecule has 3 nitrogen and oxygen atoms in total. The summed E-state index contributed by atoms with van der Waals surface area (Å²) >= 11 is 3.50. The molecule has 74 valence electrons. The molecule has 0 aromatic carbocycles. The second-order valence-electron chi connectivity index (χ2n) is 3.23. The van der Waals surface area contributed by atoms with E-state index in [4.69, 9.17) is 4.74 Å². The van der Waals surface area contributed by atoms with Crippen LogP contribution in [0.1, 0.15) is 24.4 Å². The number of nitrogens with zero attached hydrogens (tertiary/aromatic N) is 2. The zero-order valence-corrected chi connectivity index (χ0v) is 10.1. The summed E-state index contributed by atoms with van der Waals surface area (Å²) in [6.07, 6.45) is 0. The third-order valence-corrected chi connectivity index (χ3v) is 3.21. The molecule has 0 amide bonds. The standard InChI is InChI=1S/C9H15BrN2O/c1-6(5-13-4)12-8(3)9(10)7(2)11-12/h6H,5H2,1-4H3. The van der Waals surface area contributed by atoms with Gasteiger partial charge in [0.05, 0.1) is 28.5 Å². The summed E-state index contributed by atoms with van der Waals surface area (Å²) in [6.45, 7) is 6.83. The van der Waals surface area contributed by atoms with E-state index >= 15 is 0 Å². The Kier molecular flexibility index (Phi) is 3.50. The highest BCUT2D eigenvalue weighted by Gasteiger charge is 2.13. The monoisotopic (exact) mass is 246 g/mol. The smallest absolute Gasteiger partial charge is 0.0738 e. The number of aryl methyl sites for hydroxylation is 1. The van der Waals surface area contributed by atoms with Crippen molar-refractivity contribution in [3.8, 4) is 0 Å². The minimum absolute atomic E-state index is 0.287. The van der Waals surface area contributed by atoms with Gasteiger partial charge < -0.3 is 4.74 Å². The van der Waals surface area contributed by atoms with Gasteiger partial charge in [0.1, 0.15) is 0 Å². The minimum Gasteiger partial charge on any atom is -0.382 e. The Morgan fingerprint density at radius 1 is 1.54 bits per heavy atom. The third-order valence-electron chi connectivity index (χ3n) is 2.06. The first-order chi connectivity index (χ1) is 6.07. The molecule has 0 radical (unpaired) electrons. The highest BCUT2D eigenvalue weighted by Crippen LogP contribution is 2.22. The molecule has 0 spiro atoms. The van der Waals surface area contributed by atoms with Crippen LogP contribution in [0.4, 0.5) is 0 Å². The highest BCUT2D eigenvalue weighted by atomic mass is 79.9. The number of ether oxygens (including phenoxy) is 1. The van der Waals surface area contributed by atoms with E-state index in [0.29, 0.717) is 6.61 Å². The fraction of sp³-hybridized carbons (Fsp3) is 0.667. The Balaban J connectivity index is 2.94. The van der Waals surface area contributed by atoms with E-state index in [9.17, 15) is 0 Å². The zero-order chi connectivity index (χ0) is 10.0. The van der Waals surface area contributed by atoms with Gasteiger partial charge in [0, 0.05) is 7.11 Å². The van der Waals surface area contributed by atoms with Crippen LogP contribution >= 0.6 is 15.9 Å². The Morgan fingerprint density at radius 2 is 2.15 bits per heavy atom. The van der Waals surface area contributed by atoms with Crippen LogP contribution < -0.4 is 0 Å². The van der Waals surface area contributed by atoms with Gasteiger partial charge in [0.15, 0.2) is 0 Å². The number of hydrogen-bond acceptors (Lipinski definition) is 2. The van der Waals surface area contributed by atoms with Gasteiger partial charge in [-0.1, -0.05) is 0 Å². The molecule has 1 rings (SSSR count). The highest BCUT2D eigenvalue weighted by molar-refractivity contribution is 9.10. The van der Waals surface area contributed by atoms with Crippen molar-refractivity contribution >= 4 is 15.9 Å². The fourth-order valence-electron chi connectivity index (χ4n) is 1.38. The SMILES string of the molecule is COCC(C)n1nc(C)c(Br)c1C. The van der Waals surface area contributed by atoms with Crippen molar-refractivity contribution in [2.45, 2.75) is 26.8 Å². The Bertz CT molecular complexity index is 296. The predicted octanol–water partition coefficient (Wildman–Crippen LogP) is 2.47. The number of rotatable bonds is 3. The maximum absolute atomic E-state index is 5.09. The lowest BCUT2D eigenvalue weighted by molar-refractivity contribution is 0.156. The largest absolute Gasteiger partial charge is 0.382 e. The van der Waals surface area contributed by atoms with Crippen molar-refractivity contribution in [2.24, 2.45) is 0 Å². The molecule has 0 aliphatic rings. The molecule has 0 saturated heterocycles. The summed E-state index contributed by atoms with van der Waals surface area (Å²) in [5, 5.41) is 4.42. The van der Waals surface area contributed by atoms with Crippen molar-refractivity contribution in [3.63, 3.8) is 0 Å². The average molecular weight is 247 g/mol. The molecule has 13 heavy (non-hydrogen) atoms. The molecule has 0 aliphatic carbocycles. The van der Waals surface area contributed by atoms with Crippen LogP contribution in [0, 0.1) is 13.8 Å². The van der Waals surface area contributed by atoms with E-state index in [2.05, 4.69) is 34.9 Å². The summed E-state index contributed by atoms with van der Waals surface area (Å²) in [5.41, 5.74) is 2.18. The number of hydrogen-bond donors (Lipinski definition) is 0. The Morgan fingerprint density at radius 3 is 2.54 bits per heavy atom. The van der Waals surface area contributed by atoms with Crippen LogP contribution in [0.2, 0.25) is 0 Å². The molecular formula is C9H15BrN2O. The molecule has 1 atom stereocenters. The molecule has 4 heteroatoms. The molecule has 1 heterocycles. The lowest BCUT2D eigenvalue weighted by Crippen LogP contribution is -2.13. The van der Waals surface area contributed by atoms with Gasteiger partial charge in [-0.15, -0.1) is 0 Å². The van der Waals surface area contributed by atoms with Gasteiger partial charge in [-0.05, 0) is 36.7 Å². The van der Waals surface area contributed by atoms with Gasteiger partial charge >= 0.3 is 0 Å². The lowest BCUT2D eigenvalue weighted by Gasteiger charge is -2.12. The van der Waals surface area contributed by atoms with E-state index in [0.717, 1.165) is 15.9 Å². The second-order valence-corrected chi connectivity index (χ2v) is 4.03. The van der Waals surface area contributed by atoms with Gasteiger partial charge in [-0.2, -0.15) is 5.10 Å². The van der Waals surface area contributed by atoms with Gasteiger partial charge in [-0.3, -0.25) is 4.68 Å². The van der Waals surface area contributed by atoms with Crippen LogP contribution in [0.5, 0.6) is 0 Å². The maximum Gasteiger partial charge on any atom is 0.0738 e. The maximum atomic E-state index is 5.09. The van der Waals surface area contributed by atoms with Crippen LogP contribution in [0.15, 0.2) is 4.47 Å². The van der Waals surface area contributed by atoms with Crippen molar-refractivity contribution < 1.29 is 4.74 Å². The molecule has 0 aliphatic heterocycles. The van der Waals surface area contributed by atoms with Gasteiger partial charge in [-0.25, -0.2) is 0 Å². The first kappa shape index (κ1) is 10.7. The van der Waals surface area contributed by atoms with Gasteiger partial charge in [0.2, 0.25) is 0 Å². The van der Waals surface area contributed by atoms with Crippen LogP contribution in [0.3, 0.4) is 0 Å². The summed E-state index contributed by atoms with van der Waals surface area (Å²) in [5.74, 6) is 0. The average Bonchev–Trinajstić information content (AvgIpc) is 2.33. The van der Waals surface area contributed by atoms with E-state index < -0.39 is 0 Å². The molecule has 0 N–H and O–H groups in total. The second kappa shape index (κ2) is 4.24. The molecule has 0 bridgehead atoms. The number of aromatic nitrogens is 2. The molecule has 0 saturated carbocycles. The van der Waals surface area contributed by atoms with E-state index in [-0.39, 0.29) is 6.04 Å². The Labute approximate surface area is 87.2 Å². The molecule has 1 aromatic heterocycles. The number of methoxy groups -OCH3 is 1. The molecule has 1 unspecified atom stereocenters. The van der Waals surface area contributed by atoms with Crippen LogP contribution in [-0.2, 0) is 4.74 Å². The Hall–Kier alpha value is -0.350. The van der Waals surface area contributed by atoms with E-state index in [1.165, 1.54) is 0 Å². The number of halogens is 1. The first-order valence-corrected chi connectivity index (χ1v) is 5.07. The topological polar surface area (TPSA) is 27.1 Å². The third kappa shape index (κ3) is 2.11. The first-order valence-electron chi connectivity index (χ1n) is 4.28. The normalized spacial score (nSPS) is 13.3. The van der Waals surface area contributed by atoms with Crippen LogP contribution in [-0.4, -0.2) is 23.5 Å². The van der Waals surface area contributed by atoms with Crippen molar-refractivity contribution in [2.75, 3.05) is 13.7 Å². The van der Waals surface area contributed by atoms with Crippen molar-refractivity contribution in [1.29, 1.82) is 0 Å².